The van der Waals surface area contributed by atoms with E-state index in [0.29, 0.717) is 6.61 Å². The van der Waals surface area contributed by atoms with Crippen molar-refractivity contribution in [1.29, 1.82) is 0 Å². The van der Waals surface area contributed by atoms with Gasteiger partial charge in [0.15, 0.2) is 0 Å². The minimum Gasteiger partial charge on any atom is -0.466 e. The van der Waals surface area contributed by atoms with E-state index in [2.05, 4.69) is 35.2 Å². The summed E-state index contributed by atoms with van der Waals surface area (Å²) in [6, 6.07) is 10.6. The first-order chi connectivity index (χ1) is 9.79. The lowest BCUT2D eigenvalue weighted by molar-refractivity contribution is -0.149. The van der Waals surface area contributed by atoms with Crippen molar-refractivity contribution in [2.75, 3.05) is 26.2 Å². The number of aryl methyl sites for hydroxylation is 1. The number of carbonyl (C=O) groups excluding carboxylic acids is 1. The zero-order chi connectivity index (χ0) is 14.2. The summed E-state index contributed by atoms with van der Waals surface area (Å²) in [5.41, 5.74) is 1.39. The van der Waals surface area contributed by atoms with E-state index >= 15 is 0 Å². The molecule has 21 heavy (non-hydrogen) atoms. The van der Waals surface area contributed by atoms with Crippen LogP contribution in [0.1, 0.15) is 31.7 Å². The Balaban J connectivity index is 0.00000220. The third-order valence-electron chi connectivity index (χ3n) is 3.91. The van der Waals surface area contributed by atoms with Gasteiger partial charge in [-0.1, -0.05) is 30.3 Å². The molecule has 1 aliphatic rings. The van der Waals surface area contributed by atoms with E-state index in [1.807, 2.05) is 6.92 Å². The second-order valence-electron chi connectivity index (χ2n) is 5.48. The molecule has 0 radical (unpaired) electrons. The SMILES string of the molecule is CCOC(=O)C1CCCN(CCCc2ccccc2)C1.Cl. The van der Waals surface area contributed by atoms with Crippen LogP contribution in [0.4, 0.5) is 0 Å². The molecule has 4 heteroatoms. The van der Waals surface area contributed by atoms with Gasteiger partial charge < -0.3 is 9.64 Å². The van der Waals surface area contributed by atoms with Gasteiger partial charge in [0.2, 0.25) is 0 Å². The summed E-state index contributed by atoms with van der Waals surface area (Å²) in [7, 11) is 0. The first-order valence-electron chi connectivity index (χ1n) is 7.72. The molecule has 0 saturated carbocycles. The van der Waals surface area contributed by atoms with E-state index < -0.39 is 0 Å². The number of nitrogens with zero attached hydrogens (tertiary/aromatic N) is 1. The molecule has 118 valence electrons. The van der Waals surface area contributed by atoms with E-state index in [0.717, 1.165) is 45.3 Å². The predicted molar refractivity (Wildman–Crippen MR) is 87.8 cm³/mol. The van der Waals surface area contributed by atoms with Gasteiger partial charge in [0.1, 0.15) is 0 Å². The fourth-order valence-electron chi connectivity index (χ4n) is 2.86. The molecule has 1 saturated heterocycles. The van der Waals surface area contributed by atoms with Gasteiger partial charge in [-0.3, -0.25) is 4.79 Å². The van der Waals surface area contributed by atoms with Crippen molar-refractivity contribution in [1.82, 2.24) is 4.90 Å². The number of hydrogen-bond donors (Lipinski definition) is 0. The van der Waals surface area contributed by atoms with Crippen LogP contribution in [-0.2, 0) is 16.0 Å². The van der Waals surface area contributed by atoms with Gasteiger partial charge in [-0.25, -0.2) is 0 Å². The highest BCUT2D eigenvalue weighted by Gasteiger charge is 2.26. The highest BCUT2D eigenvalue weighted by atomic mass is 35.5. The maximum absolute atomic E-state index is 11.8. The molecule has 1 aliphatic heterocycles. The summed E-state index contributed by atoms with van der Waals surface area (Å²) >= 11 is 0. The van der Waals surface area contributed by atoms with Crippen LogP contribution in [-0.4, -0.2) is 37.1 Å². The fraction of sp³-hybridized carbons (Fsp3) is 0.588. The number of piperidine rings is 1. The van der Waals surface area contributed by atoms with Crippen LogP contribution in [0.15, 0.2) is 30.3 Å². The summed E-state index contributed by atoms with van der Waals surface area (Å²) < 4.78 is 5.14. The number of halogens is 1. The molecule has 0 amide bonds. The average Bonchev–Trinajstić information content (AvgIpc) is 2.49. The van der Waals surface area contributed by atoms with Crippen LogP contribution in [0.3, 0.4) is 0 Å². The second kappa shape index (κ2) is 9.80. The summed E-state index contributed by atoms with van der Waals surface area (Å²) in [5, 5.41) is 0. The van der Waals surface area contributed by atoms with Crippen molar-refractivity contribution >= 4 is 18.4 Å². The second-order valence-corrected chi connectivity index (χ2v) is 5.48. The quantitative estimate of drug-likeness (QED) is 0.755. The lowest BCUT2D eigenvalue weighted by Crippen LogP contribution is -2.39. The van der Waals surface area contributed by atoms with Crippen molar-refractivity contribution in [2.45, 2.75) is 32.6 Å². The summed E-state index contributed by atoms with van der Waals surface area (Å²) in [6.07, 6.45) is 4.35. The van der Waals surface area contributed by atoms with Gasteiger partial charge in [-0.15, -0.1) is 12.4 Å². The van der Waals surface area contributed by atoms with Crippen molar-refractivity contribution < 1.29 is 9.53 Å². The number of rotatable bonds is 6. The largest absolute Gasteiger partial charge is 0.466 e. The Morgan fingerprint density at radius 1 is 1.33 bits per heavy atom. The Bertz CT molecular complexity index is 411. The van der Waals surface area contributed by atoms with Crippen LogP contribution in [0, 0.1) is 5.92 Å². The van der Waals surface area contributed by atoms with Gasteiger partial charge in [-0.2, -0.15) is 0 Å². The van der Waals surface area contributed by atoms with Crippen LogP contribution in [0.5, 0.6) is 0 Å². The fourth-order valence-corrected chi connectivity index (χ4v) is 2.86. The van der Waals surface area contributed by atoms with Gasteiger partial charge in [-0.05, 0) is 51.3 Å². The Morgan fingerprint density at radius 2 is 2.10 bits per heavy atom. The smallest absolute Gasteiger partial charge is 0.310 e. The van der Waals surface area contributed by atoms with Crippen molar-refractivity contribution in [3.05, 3.63) is 35.9 Å². The average molecular weight is 312 g/mol. The van der Waals surface area contributed by atoms with Crippen molar-refractivity contribution in [2.24, 2.45) is 5.92 Å². The molecule has 0 aliphatic carbocycles. The first-order valence-corrected chi connectivity index (χ1v) is 7.72. The van der Waals surface area contributed by atoms with Gasteiger partial charge in [0, 0.05) is 6.54 Å². The Kier molecular flexibility index (Phi) is 8.40. The summed E-state index contributed by atoms with van der Waals surface area (Å²) in [4.78, 5) is 14.2. The monoisotopic (exact) mass is 311 g/mol. The molecule has 3 nitrogen and oxygen atoms in total. The zero-order valence-electron chi connectivity index (χ0n) is 12.8. The van der Waals surface area contributed by atoms with E-state index in [1.165, 1.54) is 5.56 Å². The molecule has 1 fully saturated rings. The van der Waals surface area contributed by atoms with Crippen LogP contribution in [0.25, 0.3) is 0 Å². The molecule has 0 aromatic heterocycles. The third-order valence-corrected chi connectivity index (χ3v) is 3.91. The maximum Gasteiger partial charge on any atom is 0.310 e. The number of benzene rings is 1. The minimum atomic E-state index is -0.0136. The van der Waals surface area contributed by atoms with E-state index in [-0.39, 0.29) is 24.3 Å². The molecule has 2 rings (SSSR count). The molecular formula is C17H26ClNO2. The number of carbonyl (C=O) groups is 1. The van der Waals surface area contributed by atoms with Gasteiger partial charge >= 0.3 is 5.97 Å². The molecule has 1 atom stereocenters. The topological polar surface area (TPSA) is 29.5 Å². The van der Waals surface area contributed by atoms with Crippen molar-refractivity contribution in [3.8, 4) is 0 Å². The number of likely N-dealkylation sites (tertiary alicyclic amines) is 1. The number of esters is 1. The lowest BCUT2D eigenvalue weighted by atomic mass is 9.98. The van der Waals surface area contributed by atoms with Crippen LogP contribution in [0.2, 0.25) is 0 Å². The van der Waals surface area contributed by atoms with Crippen LogP contribution < -0.4 is 0 Å². The van der Waals surface area contributed by atoms with Gasteiger partial charge in [0.05, 0.1) is 12.5 Å². The van der Waals surface area contributed by atoms with E-state index in [4.69, 9.17) is 4.74 Å². The molecule has 0 bridgehead atoms. The van der Waals surface area contributed by atoms with E-state index in [1.54, 1.807) is 0 Å². The highest BCUT2D eigenvalue weighted by Crippen LogP contribution is 2.18. The standard InChI is InChI=1S/C17H25NO2.ClH/c1-2-20-17(19)16-11-7-13-18(14-16)12-6-10-15-8-4-3-5-9-15;/h3-5,8-9,16H,2,6-7,10-14H2,1H3;1H. The van der Waals surface area contributed by atoms with E-state index in [9.17, 15) is 4.79 Å². The minimum absolute atomic E-state index is 0. The normalized spacial score (nSPS) is 18.8. The molecule has 1 aromatic rings. The molecule has 1 unspecified atom stereocenters. The number of hydrogen-bond acceptors (Lipinski definition) is 3. The van der Waals surface area contributed by atoms with Crippen molar-refractivity contribution in [3.63, 3.8) is 0 Å². The lowest BCUT2D eigenvalue weighted by Gasteiger charge is -2.31. The summed E-state index contributed by atoms with van der Waals surface area (Å²) in [5.74, 6) is 0.0701. The summed E-state index contributed by atoms with van der Waals surface area (Å²) in [6.45, 7) is 5.42. The molecule has 0 spiro atoms. The molecular weight excluding hydrogens is 286 g/mol. The predicted octanol–water partition coefficient (Wildman–Crippen LogP) is 3.32. The molecule has 0 N–H and O–H groups in total. The van der Waals surface area contributed by atoms with Crippen LogP contribution >= 0.6 is 12.4 Å². The maximum atomic E-state index is 11.8. The Labute approximate surface area is 134 Å². The zero-order valence-corrected chi connectivity index (χ0v) is 13.6. The molecule has 1 heterocycles. The van der Waals surface area contributed by atoms with Gasteiger partial charge in [0.25, 0.3) is 0 Å². The Hall–Kier alpha value is -1.06. The first kappa shape index (κ1) is 18.0. The number of ether oxygens (including phenoxy) is 1. The highest BCUT2D eigenvalue weighted by molar-refractivity contribution is 5.85. The Morgan fingerprint density at radius 3 is 2.81 bits per heavy atom. The third kappa shape index (κ3) is 6.06. The molecule has 1 aromatic carbocycles.